The lowest BCUT2D eigenvalue weighted by Gasteiger charge is -2.42. The van der Waals surface area contributed by atoms with Crippen molar-refractivity contribution in [3.8, 4) is 0 Å². The first-order valence-corrected chi connectivity index (χ1v) is 14.8. The maximum absolute atomic E-state index is 12.6. The molecule has 8 nitrogen and oxygen atoms in total. The minimum absolute atomic E-state index is 0.00446. The van der Waals surface area contributed by atoms with Gasteiger partial charge in [0.15, 0.2) is 6.29 Å². The van der Waals surface area contributed by atoms with Crippen molar-refractivity contribution < 1.29 is 19.4 Å². The Morgan fingerprint density at radius 3 is 2.44 bits per heavy atom. The summed E-state index contributed by atoms with van der Waals surface area (Å²) in [5.74, 6) is 0.0681. The van der Waals surface area contributed by atoms with Crippen molar-refractivity contribution in [1.82, 2.24) is 15.2 Å². The average molecular weight is 581 g/mol. The molecule has 0 bridgehead atoms. The third kappa shape index (κ3) is 8.49. The molecule has 1 aromatic heterocycles. The Morgan fingerprint density at radius 1 is 0.907 bits per heavy atom. The van der Waals surface area contributed by atoms with E-state index in [0.717, 1.165) is 47.5 Å². The van der Waals surface area contributed by atoms with E-state index in [1.807, 2.05) is 103 Å². The number of amides is 2. The van der Waals surface area contributed by atoms with Crippen LogP contribution < -0.4 is 10.6 Å². The van der Waals surface area contributed by atoms with E-state index in [-0.39, 0.29) is 30.8 Å². The highest BCUT2D eigenvalue weighted by molar-refractivity contribution is 5.89. The van der Waals surface area contributed by atoms with Gasteiger partial charge in [-0.25, -0.2) is 4.79 Å². The van der Waals surface area contributed by atoms with Gasteiger partial charge in [0.1, 0.15) is 0 Å². The maximum atomic E-state index is 12.6. The van der Waals surface area contributed by atoms with E-state index < -0.39 is 6.29 Å². The molecule has 2 amide bonds. The molecule has 1 aliphatic rings. The first-order chi connectivity index (χ1) is 21.0. The van der Waals surface area contributed by atoms with E-state index in [1.165, 1.54) is 0 Å². The number of hydrogen-bond donors (Lipinski definition) is 3. The summed E-state index contributed by atoms with van der Waals surface area (Å²) in [5.41, 5.74) is 5.46. The summed E-state index contributed by atoms with van der Waals surface area (Å²) in [5, 5.41) is 15.4. The first kappa shape index (κ1) is 30.4. The highest BCUT2D eigenvalue weighted by atomic mass is 16.7. The molecule has 1 fully saturated rings. The van der Waals surface area contributed by atoms with Gasteiger partial charge in [-0.15, -0.1) is 0 Å². The van der Waals surface area contributed by atoms with Gasteiger partial charge in [-0.1, -0.05) is 79.7 Å². The fourth-order valence-electron chi connectivity index (χ4n) is 5.29. The molecule has 8 heteroatoms. The molecule has 2 heterocycles. The number of aliphatic hydroxyl groups excluding tert-OH is 1. The van der Waals surface area contributed by atoms with Gasteiger partial charge in [0.05, 0.1) is 18.8 Å². The molecule has 5 rings (SSSR count). The molecule has 1 aliphatic heterocycles. The zero-order valence-corrected chi connectivity index (χ0v) is 24.7. The van der Waals surface area contributed by atoms with Crippen LogP contribution in [-0.4, -0.2) is 47.3 Å². The number of likely N-dealkylation sites (N-methyl/N-ethyl adjacent to an activating group) is 1. The number of nitrogens with zero attached hydrogens (tertiary/aromatic N) is 2. The molecule has 4 atom stereocenters. The van der Waals surface area contributed by atoms with Crippen LogP contribution in [0.25, 0.3) is 0 Å². The van der Waals surface area contributed by atoms with Crippen LogP contribution in [0.4, 0.5) is 10.5 Å². The fraction of sp³-hybridized carbons (Fsp3) is 0.314. The molecule has 0 spiro atoms. The number of hydrogen-bond acceptors (Lipinski definition) is 6. The van der Waals surface area contributed by atoms with Gasteiger partial charge < -0.3 is 30.1 Å². The molecule has 3 N–H and O–H groups in total. The normalized spacial score (nSPS) is 20.1. The van der Waals surface area contributed by atoms with Crippen LogP contribution in [0.2, 0.25) is 0 Å². The van der Waals surface area contributed by atoms with Crippen LogP contribution in [0, 0.1) is 5.92 Å². The number of anilines is 1. The van der Waals surface area contributed by atoms with Crippen LogP contribution in [0.15, 0.2) is 103 Å². The molecule has 0 aliphatic carbocycles. The SMILES string of the molecule is CC1C(CN(C)CCc2ccccn2)OC(c2cccc(NC(=O)NCc3ccccc3)c2)OC1c1ccc(CO)cc1. The lowest BCUT2D eigenvalue weighted by molar-refractivity contribution is -0.275. The standard InChI is InChI=1S/C35H40N4O4/c1-25-32(23-39(2)20-18-30-12-6-7-19-36-30)42-34(43-33(25)28-16-14-27(24-40)15-17-28)29-11-8-13-31(21-29)38-35(41)37-22-26-9-4-3-5-10-26/h3-17,19,21,25,32-34,40H,18,20,22-24H2,1-2H3,(H2,37,38,41). The number of aliphatic hydroxyl groups is 1. The number of ether oxygens (including phenoxy) is 2. The van der Waals surface area contributed by atoms with Crippen molar-refractivity contribution in [3.63, 3.8) is 0 Å². The van der Waals surface area contributed by atoms with Crippen molar-refractivity contribution in [3.05, 3.63) is 131 Å². The Hall–Kier alpha value is -4.08. The summed E-state index contributed by atoms with van der Waals surface area (Å²) in [4.78, 5) is 19.4. The van der Waals surface area contributed by atoms with Gasteiger partial charge in [-0.05, 0) is 48.0 Å². The van der Waals surface area contributed by atoms with Crippen molar-refractivity contribution in [1.29, 1.82) is 0 Å². The Morgan fingerprint density at radius 2 is 1.70 bits per heavy atom. The number of carbonyl (C=O) groups is 1. The molecule has 1 saturated heterocycles. The minimum Gasteiger partial charge on any atom is -0.392 e. The summed E-state index contributed by atoms with van der Waals surface area (Å²) in [6.45, 7) is 4.16. The zero-order chi connectivity index (χ0) is 30.0. The molecular weight excluding hydrogens is 540 g/mol. The zero-order valence-electron chi connectivity index (χ0n) is 24.7. The number of urea groups is 1. The van der Waals surface area contributed by atoms with Crippen LogP contribution in [0.3, 0.4) is 0 Å². The summed E-state index contributed by atoms with van der Waals surface area (Å²) >= 11 is 0. The highest BCUT2D eigenvalue weighted by Crippen LogP contribution is 2.42. The van der Waals surface area contributed by atoms with Gasteiger partial charge in [-0.3, -0.25) is 4.98 Å². The summed E-state index contributed by atoms with van der Waals surface area (Å²) in [6.07, 6.45) is 1.73. The van der Waals surface area contributed by atoms with Crippen LogP contribution in [0.1, 0.15) is 47.3 Å². The second-order valence-corrected chi connectivity index (χ2v) is 11.1. The summed E-state index contributed by atoms with van der Waals surface area (Å²) in [6, 6.07) is 31.0. The van der Waals surface area contributed by atoms with E-state index in [2.05, 4.69) is 34.5 Å². The van der Waals surface area contributed by atoms with Crippen LogP contribution >= 0.6 is 0 Å². The third-order valence-corrected chi connectivity index (χ3v) is 7.80. The quantitative estimate of drug-likeness (QED) is 0.206. The van der Waals surface area contributed by atoms with Gasteiger partial charge in [0.2, 0.25) is 0 Å². The van der Waals surface area contributed by atoms with Crippen molar-refractivity contribution >= 4 is 11.7 Å². The van der Waals surface area contributed by atoms with Gasteiger partial charge in [0, 0.05) is 55.1 Å². The van der Waals surface area contributed by atoms with Crippen molar-refractivity contribution in [2.24, 2.45) is 5.92 Å². The third-order valence-electron chi connectivity index (χ3n) is 7.80. The predicted octanol–water partition coefficient (Wildman–Crippen LogP) is 5.86. The second-order valence-electron chi connectivity index (χ2n) is 11.1. The first-order valence-electron chi connectivity index (χ1n) is 14.8. The molecule has 224 valence electrons. The number of aromatic nitrogens is 1. The topological polar surface area (TPSA) is 96.0 Å². The molecule has 43 heavy (non-hydrogen) atoms. The fourth-order valence-corrected chi connectivity index (χ4v) is 5.29. The minimum atomic E-state index is -0.623. The monoisotopic (exact) mass is 580 g/mol. The Balaban J connectivity index is 1.29. The molecule has 0 saturated carbocycles. The number of benzene rings is 3. The van der Waals surface area contributed by atoms with E-state index in [9.17, 15) is 9.90 Å². The van der Waals surface area contributed by atoms with Crippen molar-refractivity contribution in [2.75, 3.05) is 25.5 Å². The van der Waals surface area contributed by atoms with Crippen LogP contribution in [-0.2, 0) is 29.0 Å². The molecular formula is C35H40N4O4. The largest absolute Gasteiger partial charge is 0.392 e. The number of nitrogens with one attached hydrogen (secondary N) is 2. The van der Waals surface area contributed by atoms with E-state index in [1.54, 1.807) is 0 Å². The van der Waals surface area contributed by atoms with E-state index >= 15 is 0 Å². The molecule has 0 radical (unpaired) electrons. The Kier molecular flexibility index (Phi) is 10.5. The lowest BCUT2D eigenvalue weighted by atomic mass is 9.90. The smallest absolute Gasteiger partial charge is 0.319 e. The molecule has 3 aromatic carbocycles. The van der Waals surface area contributed by atoms with E-state index in [0.29, 0.717) is 12.2 Å². The van der Waals surface area contributed by atoms with Crippen LogP contribution in [0.5, 0.6) is 0 Å². The van der Waals surface area contributed by atoms with E-state index in [4.69, 9.17) is 9.47 Å². The Bertz CT molecular complexity index is 1440. The summed E-state index contributed by atoms with van der Waals surface area (Å²) in [7, 11) is 2.10. The molecule has 4 aromatic rings. The van der Waals surface area contributed by atoms with Gasteiger partial charge >= 0.3 is 6.03 Å². The predicted molar refractivity (Wildman–Crippen MR) is 167 cm³/mol. The number of carbonyl (C=O) groups excluding carboxylic acids is 1. The number of rotatable bonds is 11. The molecule has 4 unspecified atom stereocenters. The van der Waals surface area contributed by atoms with Gasteiger partial charge in [0.25, 0.3) is 0 Å². The Labute approximate surface area is 253 Å². The van der Waals surface area contributed by atoms with Crippen molar-refractivity contribution in [2.45, 2.75) is 45.0 Å². The lowest BCUT2D eigenvalue weighted by Crippen LogP contribution is -2.44. The number of pyridine rings is 1. The average Bonchev–Trinajstić information content (AvgIpc) is 3.05. The maximum Gasteiger partial charge on any atom is 0.319 e. The second kappa shape index (κ2) is 14.9. The highest BCUT2D eigenvalue weighted by Gasteiger charge is 2.38. The van der Waals surface area contributed by atoms with Gasteiger partial charge in [-0.2, -0.15) is 0 Å². The summed E-state index contributed by atoms with van der Waals surface area (Å²) < 4.78 is 13.2.